The third kappa shape index (κ3) is 5.53. The van der Waals surface area contributed by atoms with Crippen LogP contribution < -0.4 is 10.6 Å². The Hall–Kier alpha value is -0.0800. The summed E-state index contributed by atoms with van der Waals surface area (Å²) in [4.78, 5) is 0. The molecule has 0 aromatic rings. The van der Waals surface area contributed by atoms with E-state index in [1.807, 2.05) is 0 Å². The van der Waals surface area contributed by atoms with Crippen LogP contribution in [0.3, 0.4) is 0 Å². The fraction of sp³-hybridized carbons (Fsp3) is 1.00. The second-order valence-corrected chi connectivity index (χ2v) is 5.43. The summed E-state index contributed by atoms with van der Waals surface area (Å²) in [5, 5.41) is 7.06. The summed E-state index contributed by atoms with van der Waals surface area (Å²) in [6.07, 6.45) is 4.14. The lowest BCUT2D eigenvalue weighted by Gasteiger charge is -2.23. The van der Waals surface area contributed by atoms with Gasteiger partial charge in [0.2, 0.25) is 0 Å². The molecule has 1 rings (SSSR count). The molecule has 2 N–H and O–H groups in total. The number of piperidine rings is 1. The van der Waals surface area contributed by atoms with Gasteiger partial charge in [0.1, 0.15) is 0 Å². The Morgan fingerprint density at radius 3 is 2.73 bits per heavy atom. The summed E-state index contributed by atoms with van der Waals surface area (Å²) in [6, 6.07) is 0. The summed E-state index contributed by atoms with van der Waals surface area (Å²) >= 11 is 0. The van der Waals surface area contributed by atoms with Crippen LogP contribution in [0.5, 0.6) is 0 Å². The van der Waals surface area contributed by atoms with Gasteiger partial charge >= 0.3 is 0 Å². The first kappa shape index (κ1) is 13.0. The SMILES string of the molecule is CC(C)C(C)CNCCC1CCCNC1. The van der Waals surface area contributed by atoms with Crippen molar-refractivity contribution in [1.29, 1.82) is 0 Å². The van der Waals surface area contributed by atoms with E-state index in [1.54, 1.807) is 0 Å². The minimum absolute atomic E-state index is 0.800. The molecule has 0 aromatic heterocycles. The van der Waals surface area contributed by atoms with Crippen LogP contribution in [0.4, 0.5) is 0 Å². The second-order valence-electron chi connectivity index (χ2n) is 5.43. The normalized spacial score (nSPS) is 24.4. The number of rotatable bonds is 6. The standard InChI is InChI=1S/C13H28N2/c1-11(2)12(3)9-15-8-6-13-5-4-7-14-10-13/h11-15H,4-10H2,1-3H3. The van der Waals surface area contributed by atoms with E-state index in [0.717, 1.165) is 17.8 Å². The average Bonchev–Trinajstić information content (AvgIpc) is 2.25. The molecule has 0 saturated carbocycles. The lowest BCUT2D eigenvalue weighted by Crippen LogP contribution is -2.33. The first-order chi connectivity index (χ1) is 7.20. The Morgan fingerprint density at radius 2 is 2.13 bits per heavy atom. The van der Waals surface area contributed by atoms with Gasteiger partial charge in [-0.25, -0.2) is 0 Å². The molecule has 0 radical (unpaired) electrons. The minimum Gasteiger partial charge on any atom is -0.316 e. The number of hydrogen-bond donors (Lipinski definition) is 2. The van der Waals surface area contributed by atoms with Crippen molar-refractivity contribution < 1.29 is 0 Å². The van der Waals surface area contributed by atoms with Crippen LogP contribution in [0, 0.1) is 17.8 Å². The highest BCUT2D eigenvalue weighted by Crippen LogP contribution is 2.13. The molecule has 15 heavy (non-hydrogen) atoms. The maximum absolute atomic E-state index is 3.59. The van der Waals surface area contributed by atoms with Crippen LogP contribution in [0.15, 0.2) is 0 Å². The molecule has 90 valence electrons. The minimum atomic E-state index is 0.800. The predicted molar refractivity (Wildman–Crippen MR) is 67.1 cm³/mol. The van der Waals surface area contributed by atoms with E-state index in [0.29, 0.717) is 0 Å². The summed E-state index contributed by atoms with van der Waals surface area (Å²) in [6.45, 7) is 11.8. The third-order valence-corrected chi connectivity index (χ3v) is 3.73. The Morgan fingerprint density at radius 1 is 1.33 bits per heavy atom. The van der Waals surface area contributed by atoms with Gasteiger partial charge in [0.25, 0.3) is 0 Å². The van der Waals surface area contributed by atoms with E-state index in [2.05, 4.69) is 31.4 Å². The van der Waals surface area contributed by atoms with E-state index < -0.39 is 0 Å². The molecule has 0 amide bonds. The van der Waals surface area contributed by atoms with Gasteiger partial charge in [-0.05, 0) is 63.2 Å². The Bertz CT molecular complexity index is 151. The molecule has 2 atom stereocenters. The quantitative estimate of drug-likeness (QED) is 0.660. The van der Waals surface area contributed by atoms with Crippen molar-refractivity contribution in [3.8, 4) is 0 Å². The summed E-state index contributed by atoms with van der Waals surface area (Å²) < 4.78 is 0. The van der Waals surface area contributed by atoms with Crippen LogP contribution in [0.1, 0.15) is 40.0 Å². The highest BCUT2D eigenvalue weighted by atomic mass is 14.9. The lowest BCUT2D eigenvalue weighted by atomic mass is 9.95. The zero-order chi connectivity index (χ0) is 11.1. The summed E-state index contributed by atoms with van der Waals surface area (Å²) in [7, 11) is 0. The zero-order valence-electron chi connectivity index (χ0n) is 10.7. The fourth-order valence-corrected chi connectivity index (χ4v) is 2.04. The molecule has 0 bridgehead atoms. The van der Waals surface area contributed by atoms with Crippen LogP contribution in [-0.2, 0) is 0 Å². The Labute approximate surface area is 95.2 Å². The Kier molecular flexibility index (Phi) is 6.26. The lowest BCUT2D eigenvalue weighted by molar-refractivity contribution is 0.338. The molecule has 1 saturated heterocycles. The van der Waals surface area contributed by atoms with Crippen LogP contribution in [0.25, 0.3) is 0 Å². The number of nitrogens with one attached hydrogen (secondary N) is 2. The molecule has 2 unspecified atom stereocenters. The second kappa shape index (κ2) is 7.24. The molecule has 2 heteroatoms. The highest BCUT2D eigenvalue weighted by molar-refractivity contribution is 4.70. The predicted octanol–water partition coefficient (Wildman–Crippen LogP) is 2.26. The van der Waals surface area contributed by atoms with Gasteiger partial charge in [-0.2, -0.15) is 0 Å². The van der Waals surface area contributed by atoms with E-state index >= 15 is 0 Å². The maximum Gasteiger partial charge on any atom is -0.00200 e. The molecule has 0 aromatic carbocycles. The largest absolute Gasteiger partial charge is 0.316 e. The molecular formula is C13H28N2. The van der Waals surface area contributed by atoms with E-state index in [4.69, 9.17) is 0 Å². The van der Waals surface area contributed by atoms with Crippen LogP contribution in [-0.4, -0.2) is 26.2 Å². The summed E-state index contributed by atoms with van der Waals surface area (Å²) in [5.74, 6) is 2.52. The van der Waals surface area contributed by atoms with Gasteiger partial charge in [0.05, 0.1) is 0 Å². The smallest absolute Gasteiger partial charge is 0.00200 e. The fourth-order valence-electron chi connectivity index (χ4n) is 2.04. The Balaban J connectivity index is 1.96. The van der Waals surface area contributed by atoms with Gasteiger partial charge in [0, 0.05) is 0 Å². The van der Waals surface area contributed by atoms with Gasteiger partial charge in [-0.3, -0.25) is 0 Å². The third-order valence-electron chi connectivity index (χ3n) is 3.73. The maximum atomic E-state index is 3.59. The van der Waals surface area contributed by atoms with Crippen LogP contribution in [0.2, 0.25) is 0 Å². The van der Waals surface area contributed by atoms with Crippen molar-refractivity contribution in [2.24, 2.45) is 17.8 Å². The van der Waals surface area contributed by atoms with Crippen molar-refractivity contribution in [2.45, 2.75) is 40.0 Å². The van der Waals surface area contributed by atoms with E-state index in [9.17, 15) is 0 Å². The molecule has 1 heterocycles. The zero-order valence-corrected chi connectivity index (χ0v) is 10.7. The van der Waals surface area contributed by atoms with Gasteiger partial charge < -0.3 is 10.6 Å². The molecule has 2 nitrogen and oxygen atoms in total. The van der Waals surface area contributed by atoms with E-state index in [1.165, 1.54) is 45.4 Å². The van der Waals surface area contributed by atoms with Crippen molar-refractivity contribution in [2.75, 3.05) is 26.2 Å². The molecule has 0 aliphatic carbocycles. The van der Waals surface area contributed by atoms with Crippen LogP contribution >= 0.6 is 0 Å². The van der Waals surface area contributed by atoms with Gasteiger partial charge in [0.15, 0.2) is 0 Å². The van der Waals surface area contributed by atoms with Gasteiger partial charge in [-0.15, -0.1) is 0 Å². The van der Waals surface area contributed by atoms with Gasteiger partial charge in [-0.1, -0.05) is 20.8 Å². The molecule has 1 fully saturated rings. The highest BCUT2D eigenvalue weighted by Gasteiger charge is 2.12. The number of hydrogen-bond acceptors (Lipinski definition) is 2. The monoisotopic (exact) mass is 212 g/mol. The first-order valence-electron chi connectivity index (χ1n) is 6.61. The average molecular weight is 212 g/mol. The molecule has 1 aliphatic heterocycles. The van der Waals surface area contributed by atoms with Crippen molar-refractivity contribution in [3.63, 3.8) is 0 Å². The van der Waals surface area contributed by atoms with Crippen molar-refractivity contribution in [3.05, 3.63) is 0 Å². The summed E-state index contributed by atoms with van der Waals surface area (Å²) in [5.41, 5.74) is 0. The topological polar surface area (TPSA) is 24.1 Å². The van der Waals surface area contributed by atoms with Crippen molar-refractivity contribution >= 4 is 0 Å². The van der Waals surface area contributed by atoms with E-state index in [-0.39, 0.29) is 0 Å². The molecular weight excluding hydrogens is 184 g/mol. The molecule has 0 spiro atoms. The molecule has 1 aliphatic rings. The van der Waals surface area contributed by atoms with Crippen molar-refractivity contribution in [1.82, 2.24) is 10.6 Å². The first-order valence-corrected chi connectivity index (χ1v) is 6.61.